The van der Waals surface area contributed by atoms with Gasteiger partial charge in [0, 0.05) is 24.5 Å². The van der Waals surface area contributed by atoms with E-state index in [4.69, 9.17) is 10.8 Å². The lowest BCUT2D eigenvalue weighted by Crippen LogP contribution is -2.10. The summed E-state index contributed by atoms with van der Waals surface area (Å²) in [6.45, 7) is 0.217. The highest BCUT2D eigenvalue weighted by Crippen LogP contribution is 2.12. The highest BCUT2D eigenvalue weighted by Gasteiger charge is 2.04. The molecule has 0 aliphatic carbocycles. The van der Waals surface area contributed by atoms with Gasteiger partial charge >= 0.3 is 0 Å². The van der Waals surface area contributed by atoms with E-state index in [0.29, 0.717) is 0 Å². The zero-order valence-electron chi connectivity index (χ0n) is 6.46. The molecule has 0 fully saturated rings. The summed E-state index contributed by atoms with van der Waals surface area (Å²) in [5.41, 5.74) is 6.82. The number of hydrogen-bond donors (Lipinski definition) is 3. The number of aliphatic hydroxyl groups excluding tert-OH is 1. The molecule has 0 bridgehead atoms. The van der Waals surface area contributed by atoms with Crippen LogP contribution < -0.4 is 5.73 Å². The molecule has 0 radical (unpaired) electrons. The predicted octanol–water partition coefficient (Wildman–Crippen LogP) is 0.787. The average Bonchev–Trinajstić information content (AvgIpc) is 2.52. The first-order valence-corrected chi connectivity index (χ1v) is 3.84. The van der Waals surface area contributed by atoms with Gasteiger partial charge in [0.05, 0.1) is 0 Å². The molecule has 0 aliphatic rings. The Morgan fingerprint density at radius 1 is 1.64 bits per heavy atom. The second-order valence-electron chi connectivity index (χ2n) is 2.60. The van der Waals surface area contributed by atoms with Crippen LogP contribution in [0.1, 0.15) is 24.6 Å². The number of hydrogen-bond acceptors (Lipinski definition) is 2. The Labute approximate surface area is 66.2 Å². The number of aromatic amines is 1. The van der Waals surface area contributed by atoms with Crippen molar-refractivity contribution in [2.24, 2.45) is 5.73 Å². The molecule has 0 saturated carbocycles. The lowest BCUT2D eigenvalue weighted by Gasteiger charge is -2.07. The molecule has 1 aromatic heterocycles. The van der Waals surface area contributed by atoms with Crippen LogP contribution in [0.5, 0.6) is 0 Å². The van der Waals surface area contributed by atoms with E-state index in [9.17, 15) is 0 Å². The number of H-pyrrole nitrogens is 1. The van der Waals surface area contributed by atoms with Gasteiger partial charge in [-0.2, -0.15) is 0 Å². The van der Waals surface area contributed by atoms with Gasteiger partial charge in [-0.1, -0.05) is 0 Å². The molecule has 0 aromatic carbocycles. The van der Waals surface area contributed by atoms with Crippen LogP contribution in [0.25, 0.3) is 0 Å². The van der Waals surface area contributed by atoms with Crippen LogP contribution in [-0.4, -0.2) is 16.7 Å². The third-order valence-electron chi connectivity index (χ3n) is 1.69. The van der Waals surface area contributed by atoms with Gasteiger partial charge in [-0.3, -0.25) is 0 Å². The van der Waals surface area contributed by atoms with Gasteiger partial charge in [-0.15, -0.1) is 0 Å². The predicted molar refractivity (Wildman–Crippen MR) is 44.0 cm³/mol. The van der Waals surface area contributed by atoms with Gasteiger partial charge in [-0.05, 0) is 25.0 Å². The van der Waals surface area contributed by atoms with Crippen molar-refractivity contribution in [3.05, 3.63) is 24.0 Å². The first-order chi connectivity index (χ1) is 5.34. The fourth-order valence-electron chi connectivity index (χ4n) is 1.04. The largest absolute Gasteiger partial charge is 0.396 e. The van der Waals surface area contributed by atoms with Gasteiger partial charge < -0.3 is 15.8 Å². The van der Waals surface area contributed by atoms with Crippen molar-refractivity contribution >= 4 is 0 Å². The Balaban J connectivity index is 2.36. The van der Waals surface area contributed by atoms with Gasteiger partial charge in [0.15, 0.2) is 0 Å². The topological polar surface area (TPSA) is 62.0 Å². The molecular formula is C8H14N2O. The third-order valence-corrected chi connectivity index (χ3v) is 1.69. The van der Waals surface area contributed by atoms with E-state index >= 15 is 0 Å². The molecule has 1 atom stereocenters. The second kappa shape index (κ2) is 4.16. The monoisotopic (exact) mass is 154 g/mol. The zero-order chi connectivity index (χ0) is 8.10. The Bertz CT molecular complexity index is 184. The van der Waals surface area contributed by atoms with E-state index < -0.39 is 0 Å². The van der Waals surface area contributed by atoms with Crippen molar-refractivity contribution in [3.8, 4) is 0 Å². The molecule has 0 amide bonds. The van der Waals surface area contributed by atoms with Crippen LogP contribution in [0, 0.1) is 0 Å². The summed E-state index contributed by atoms with van der Waals surface area (Å²) in [5, 5.41) is 8.55. The highest BCUT2D eigenvalue weighted by atomic mass is 16.2. The number of aromatic nitrogens is 1. The molecule has 3 heteroatoms. The van der Waals surface area contributed by atoms with Gasteiger partial charge in [-0.25, -0.2) is 0 Å². The Morgan fingerprint density at radius 3 is 3.00 bits per heavy atom. The molecule has 0 spiro atoms. The smallest absolute Gasteiger partial charge is 0.0448 e. The van der Waals surface area contributed by atoms with Gasteiger partial charge in [0.25, 0.3) is 0 Å². The summed E-state index contributed by atoms with van der Waals surface area (Å²) in [6, 6.07) is 3.92. The first-order valence-electron chi connectivity index (χ1n) is 3.84. The minimum Gasteiger partial charge on any atom is -0.396 e. The van der Waals surface area contributed by atoms with Gasteiger partial charge in [0.1, 0.15) is 0 Å². The van der Waals surface area contributed by atoms with Crippen molar-refractivity contribution < 1.29 is 5.11 Å². The summed E-state index contributed by atoms with van der Waals surface area (Å²) >= 11 is 0. The molecule has 1 heterocycles. The maximum absolute atomic E-state index is 8.55. The lowest BCUT2D eigenvalue weighted by molar-refractivity contribution is 0.279. The van der Waals surface area contributed by atoms with E-state index in [0.717, 1.165) is 18.5 Å². The molecule has 62 valence electrons. The van der Waals surface area contributed by atoms with Crippen LogP contribution in [-0.2, 0) is 0 Å². The minimum atomic E-state index is 0.0390. The SMILES string of the molecule is NC(CCCO)c1ccc[nH]1. The summed E-state index contributed by atoms with van der Waals surface area (Å²) in [6.07, 6.45) is 3.45. The van der Waals surface area contributed by atoms with Crippen molar-refractivity contribution in [3.63, 3.8) is 0 Å². The standard InChI is InChI=1S/C8H14N2O/c9-7(3-2-6-11)8-4-1-5-10-8/h1,4-5,7,10-11H,2-3,6,9H2. The van der Waals surface area contributed by atoms with Crippen LogP contribution in [0.15, 0.2) is 18.3 Å². The number of aliphatic hydroxyl groups is 1. The molecule has 0 saturated heterocycles. The fraction of sp³-hybridized carbons (Fsp3) is 0.500. The first kappa shape index (κ1) is 8.30. The molecule has 11 heavy (non-hydrogen) atoms. The summed E-state index contributed by atoms with van der Waals surface area (Å²) in [5.74, 6) is 0. The van der Waals surface area contributed by atoms with Crippen molar-refractivity contribution in [1.29, 1.82) is 0 Å². The molecule has 1 rings (SSSR count). The van der Waals surface area contributed by atoms with Crippen molar-refractivity contribution in [2.45, 2.75) is 18.9 Å². The van der Waals surface area contributed by atoms with Crippen LogP contribution in [0.2, 0.25) is 0 Å². The fourth-order valence-corrected chi connectivity index (χ4v) is 1.04. The van der Waals surface area contributed by atoms with E-state index in [-0.39, 0.29) is 12.6 Å². The number of nitrogens with two attached hydrogens (primary N) is 1. The quantitative estimate of drug-likeness (QED) is 0.600. The Morgan fingerprint density at radius 2 is 2.45 bits per heavy atom. The minimum absolute atomic E-state index is 0.0390. The normalized spacial score (nSPS) is 13.3. The van der Waals surface area contributed by atoms with Crippen LogP contribution in [0.3, 0.4) is 0 Å². The van der Waals surface area contributed by atoms with Crippen molar-refractivity contribution in [1.82, 2.24) is 4.98 Å². The Hall–Kier alpha value is -0.800. The highest BCUT2D eigenvalue weighted by molar-refractivity contribution is 5.07. The van der Waals surface area contributed by atoms with Crippen LogP contribution in [0.4, 0.5) is 0 Å². The molecule has 3 nitrogen and oxygen atoms in total. The summed E-state index contributed by atoms with van der Waals surface area (Å²) in [7, 11) is 0. The maximum atomic E-state index is 8.55. The van der Waals surface area contributed by atoms with Crippen LogP contribution >= 0.6 is 0 Å². The van der Waals surface area contributed by atoms with Crippen molar-refractivity contribution in [2.75, 3.05) is 6.61 Å². The third kappa shape index (κ3) is 2.37. The van der Waals surface area contributed by atoms with E-state index in [1.54, 1.807) is 0 Å². The summed E-state index contributed by atoms with van der Waals surface area (Å²) in [4.78, 5) is 3.04. The number of rotatable bonds is 4. The Kier molecular flexibility index (Phi) is 3.14. The van der Waals surface area contributed by atoms with E-state index in [1.165, 1.54) is 0 Å². The molecule has 4 N–H and O–H groups in total. The molecular weight excluding hydrogens is 140 g/mol. The van der Waals surface area contributed by atoms with Gasteiger partial charge in [0.2, 0.25) is 0 Å². The average molecular weight is 154 g/mol. The zero-order valence-corrected chi connectivity index (χ0v) is 6.46. The maximum Gasteiger partial charge on any atom is 0.0448 e. The molecule has 1 unspecified atom stereocenters. The lowest BCUT2D eigenvalue weighted by atomic mass is 10.1. The second-order valence-corrected chi connectivity index (χ2v) is 2.60. The molecule has 1 aromatic rings. The van der Waals surface area contributed by atoms with E-state index in [2.05, 4.69) is 4.98 Å². The molecule has 0 aliphatic heterocycles. The summed E-state index contributed by atoms with van der Waals surface area (Å²) < 4.78 is 0. The number of nitrogens with one attached hydrogen (secondary N) is 1. The van der Waals surface area contributed by atoms with E-state index in [1.807, 2.05) is 18.3 Å².